The predicted octanol–water partition coefficient (Wildman–Crippen LogP) is 4.37. The SMILES string of the molecule is CCOC(=O)C1=C(C(=O)OCC)C(c2ccccc2Cl)C2=C(CC(c3ccc(OC)c(OC)c3)OC2=O)N1. The summed E-state index contributed by atoms with van der Waals surface area (Å²) in [7, 11) is 3.04. The molecule has 0 spiro atoms. The number of dihydropyridines is 1. The summed E-state index contributed by atoms with van der Waals surface area (Å²) in [5, 5.41) is 3.33. The van der Waals surface area contributed by atoms with Gasteiger partial charge in [-0.3, -0.25) is 0 Å². The molecule has 0 fully saturated rings. The zero-order valence-electron chi connectivity index (χ0n) is 21.5. The Balaban J connectivity index is 1.87. The van der Waals surface area contributed by atoms with E-state index in [1.807, 2.05) is 0 Å². The first-order chi connectivity index (χ1) is 18.3. The molecule has 2 aromatic rings. The molecule has 0 bridgehead atoms. The second-order valence-electron chi connectivity index (χ2n) is 8.41. The molecule has 10 heteroatoms. The van der Waals surface area contributed by atoms with E-state index in [9.17, 15) is 14.4 Å². The molecule has 38 heavy (non-hydrogen) atoms. The molecule has 9 nitrogen and oxygen atoms in total. The van der Waals surface area contributed by atoms with Crippen molar-refractivity contribution in [3.8, 4) is 11.5 Å². The molecule has 0 saturated carbocycles. The van der Waals surface area contributed by atoms with Crippen LogP contribution >= 0.6 is 11.6 Å². The molecule has 0 aliphatic carbocycles. The molecule has 4 rings (SSSR count). The van der Waals surface area contributed by atoms with Crippen LogP contribution in [0.15, 0.2) is 65.0 Å². The highest BCUT2D eigenvalue weighted by molar-refractivity contribution is 6.31. The third-order valence-electron chi connectivity index (χ3n) is 6.28. The number of methoxy groups -OCH3 is 2. The normalized spacial score (nSPS) is 18.7. The Morgan fingerprint density at radius 3 is 2.34 bits per heavy atom. The Hall–Kier alpha value is -3.98. The van der Waals surface area contributed by atoms with Crippen molar-refractivity contribution in [1.82, 2.24) is 5.32 Å². The molecule has 1 N–H and O–H groups in total. The lowest BCUT2D eigenvalue weighted by atomic mass is 9.78. The Morgan fingerprint density at radius 1 is 1.00 bits per heavy atom. The van der Waals surface area contributed by atoms with Crippen molar-refractivity contribution >= 4 is 29.5 Å². The molecule has 2 aliphatic heterocycles. The van der Waals surface area contributed by atoms with E-state index in [1.54, 1.807) is 56.3 Å². The lowest BCUT2D eigenvalue weighted by Gasteiger charge is -2.36. The fourth-order valence-electron chi connectivity index (χ4n) is 4.62. The largest absolute Gasteiger partial charge is 0.493 e. The molecule has 2 aliphatic rings. The standard InChI is InChI=1S/C28H28ClNO8/c1-5-36-26(31)24-22(16-9-7-8-10-17(16)29)23-18(30-25(24)28(33)37-6-2)14-20(38-27(23)32)15-11-12-19(34-3)21(13-15)35-4/h7-13,20,22,30H,5-6,14H2,1-4H3. The lowest BCUT2D eigenvalue weighted by molar-refractivity contribution is -0.147. The van der Waals surface area contributed by atoms with Crippen molar-refractivity contribution in [2.75, 3.05) is 27.4 Å². The number of cyclic esters (lactones) is 1. The number of benzene rings is 2. The van der Waals surface area contributed by atoms with E-state index in [0.717, 1.165) is 0 Å². The maximum absolute atomic E-state index is 13.6. The van der Waals surface area contributed by atoms with Crippen molar-refractivity contribution in [3.63, 3.8) is 0 Å². The number of ether oxygens (including phenoxy) is 5. The number of rotatable bonds is 8. The van der Waals surface area contributed by atoms with Gasteiger partial charge in [-0.15, -0.1) is 0 Å². The highest BCUT2D eigenvalue weighted by atomic mass is 35.5. The summed E-state index contributed by atoms with van der Waals surface area (Å²) in [6.07, 6.45) is -0.510. The summed E-state index contributed by atoms with van der Waals surface area (Å²) in [5.74, 6) is -2.19. The van der Waals surface area contributed by atoms with Crippen molar-refractivity contribution in [1.29, 1.82) is 0 Å². The molecule has 2 heterocycles. The van der Waals surface area contributed by atoms with Crippen LogP contribution in [0, 0.1) is 0 Å². The predicted molar refractivity (Wildman–Crippen MR) is 138 cm³/mol. The van der Waals surface area contributed by atoms with Crippen LogP contribution in [0.5, 0.6) is 11.5 Å². The fourth-order valence-corrected chi connectivity index (χ4v) is 4.87. The number of esters is 3. The second-order valence-corrected chi connectivity index (χ2v) is 8.82. The van der Waals surface area contributed by atoms with Gasteiger partial charge < -0.3 is 29.0 Å². The summed E-state index contributed by atoms with van der Waals surface area (Å²) in [5.41, 5.74) is 1.53. The van der Waals surface area contributed by atoms with Gasteiger partial charge in [-0.25, -0.2) is 14.4 Å². The molecule has 0 aromatic heterocycles. The molecular weight excluding hydrogens is 514 g/mol. The van der Waals surface area contributed by atoms with Crippen molar-refractivity contribution < 1.29 is 38.1 Å². The third kappa shape index (κ3) is 5.06. The average molecular weight is 542 g/mol. The topological polar surface area (TPSA) is 109 Å². The van der Waals surface area contributed by atoms with Crippen LogP contribution in [0.2, 0.25) is 5.02 Å². The maximum atomic E-state index is 13.6. The molecule has 2 unspecified atom stereocenters. The molecular formula is C28H28ClNO8. The Labute approximate surface area is 225 Å². The molecule has 0 amide bonds. The summed E-state index contributed by atoms with van der Waals surface area (Å²) < 4.78 is 27.1. The van der Waals surface area contributed by atoms with Gasteiger partial charge >= 0.3 is 17.9 Å². The van der Waals surface area contributed by atoms with Crippen molar-refractivity contribution in [2.45, 2.75) is 32.3 Å². The van der Waals surface area contributed by atoms with E-state index in [2.05, 4.69) is 5.32 Å². The van der Waals surface area contributed by atoms with E-state index < -0.39 is 29.9 Å². The van der Waals surface area contributed by atoms with Gasteiger partial charge in [-0.05, 0) is 43.2 Å². The van der Waals surface area contributed by atoms with E-state index in [-0.39, 0.29) is 36.5 Å². The first kappa shape index (κ1) is 27.1. The van der Waals surface area contributed by atoms with Gasteiger partial charge in [-0.2, -0.15) is 0 Å². The quantitative estimate of drug-likeness (QED) is 0.385. The minimum Gasteiger partial charge on any atom is -0.493 e. The van der Waals surface area contributed by atoms with E-state index in [1.165, 1.54) is 14.2 Å². The first-order valence-corrected chi connectivity index (χ1v) is 12.5. The second kappa shape index (κ2) is 11.6. The molecule has 2 aromatic carbocycles. The van der Waals surface area contributed by atoms with E-state index in [4.69, 9.17) is 35.3 Å². The van der Waals surface area contributed by atoms with Crippen LogP contribution in [-0.2, 0) is 28.6 Å². The summed E-state index contributed by atoms with van der Waals surface area (Å²) >= 11 is 6.55. The van der Waals surface area contributed by atoms with Crippen LogP contribution < -0.4 is 14.8 Å². The van der Waals surface area contributed by atoms with Crippen LogP contribution in [0.4, 0.5) is 0 Å². The van der Waals surface area contributed by atoms with Crippen LogP contribution in [0.1, 0.15) is 43.4 Å². The number of hydrogen-bond acceptors (Lipinski definition) is 9. The van der Waals surface area contributed by atoms with E-state index in [0.29, 0.717) is 33.3 Å². The van der Waals surface area contributed by atoms with Gasteiger partial charge in [-0.1, -0.05) is 35.9 Å². The minimum atomic E-state index is -1.02. The minimum absolute atomic E-state index is 0.0609. The number of nitrogens with one attached hydrogen (secondary N) is 1. The van der Waals surface area contributed by atoms with Gasteiger partial charge in [0.15, 0.2) is 11.5 Å². The highest BCUT2D eigenvalue weighted by Crippen LogP contribution is 2.47. The van der Waals surface area contributed by atoms with Gasteiger partial charge in [0, 0.05) is 17.1 Å². The first-order valence-electron chi connectivity index (χ1n) is 12.1. The summed E-state index contributed by atoms with van der Waals surface area (Å²) in [4.78, 5) is 39.9. The van der Waals surface area contributed by atoms with Gasteiger partial charge in [0.2, 0.25) is 0 Å². The third-order valence-corrected chi connectivity index (χ3v) is 6.62. The molecule has 2 atom stereocenters. The average Bonchev–Trinajstić information content (AvgIpc) is 2.92. The van der Waals surface area contributed by atoms with Crippen molar-refractivity contribution in [3.05, 3.63) is 81.2 Å². The molecule has 0 saturated heterocycles. The number of carbonyl (C=O) groups excluding carboxylic acids is 3. The molecule has 200 valence electrons. The Morgan fingerprint density at radius 2 is 1.68 bits per heavy atom. The zero-order valence-corrected chi connectivity index (χ0v) is 22.2. The number of carbonyl (C=O) groups is 3. The number of halogens is 1. The Bertz CT molecular complexity index is 1330. The van der Waals surface area contributed by atoms with Crippen LogP contribution in [0.3, 0.4) is 0 Å². The van der Waals surface area contributed by atoms with Crippen LogP contribution in [0.25, 0.3) is 0 Å². The summed E-state index contributed by atoms with van der Waals surface area (Å²) in [6.45, 7) is 3.45. The van der Waals surface area contributed by atoms with Gasteiger partial charge in [0.1, 0.15) is 11.8 Å². The molecule has 0 radical (unpaired) electrons. The lowest BCUT2D eigenvalue weighted by Crippen LogP contribution is -2.40. The fraction of sp³-hybridized carbons (Fsp3) is 0.321. The van der Waals surface area contributed by atoms with Crippen LogP contribution in [-0.4, -0.2) is 45.3 Å². The smallest absolute Gasteiger partial charge is 0.355 e. The summed E-state index contributed by atoms with van der Waals surface area (Å²) in [6, 6.07) is 12.0. The zero-order chi connectivity index (χ0) is 27.4. The maximum Gasteiger partial charge on any atom is 0.355 e. The highest BCUT2D eigenvalue weighted by Gasteiger charge is 2.45. The monoisotopic (exact) mass is 541 g/mol. The number of hydrogen-bond donors (Lipinski definition) is 1. The van der Waals surface area contributed by atoms with Gasteiger partial charge in [0.25, 0.3) is 0 Å². The van der Waals surface area contributed by atoms with E-state index >= 15 is 0 Å². The van der Waals surface area contributed by atoms with Crippen molar-refractivity contribution in [2.24, 2.45) is 0 Å². The van der Waals surface area contributed by atoms with Gasteiger partial charge in [0.05, 0.1) is 44.5 Å². The Kier molecular flexibility index (Phi) is 8.26.